The van der Waals surface area contributed by atoms with Crippen LogP contribution < -0.4 is 10.6 Å². The van der Waals surface area contributed by atoms with Crippen molar-refractivity contribution in [2.24, 2.45) is 0 Å². The molecule has 0 aliphatic heterocycles. The predicted molar refractivity (Wildman–Crippen MR) is 114 cm³/mol. The summed E-state index contributed by atoms with van der Waals surface area (Å²) < 4.78 is 4.80. The second-order valence-corrected chi connectivity index (χ2v) is 7.15. The topological polar surface area (TPSA) is 76.1 Å². The van der Waals surface area contributed by atoms with E-state index in [4.69, 9.17) is 4.74 Å². The van der Waals surface area contributed by atoms with Crippen molar-refractivity contribution in [3.63, 3.8) is 0 Å². The van der Waals surface area contributed by atoms with Gasteiger partial charge in [-0.15, -0.1) is 0 Å². The molecule has 6 heteroatoms. The highest BCUT2D eigenvalue weighted by molar-refractivity contribution is 5.90. The van der Waals surface area contributed by atoms with Gasteiger partial charge in [-0.1, -0.05) is 49.2 Å². The van der Waals surface area contributed by atoms with Gasteiger partial charge in [0, 0.05) is 23.4 Å². The van der Waals surface area contributed by atoms with Gasteiger partial charge in [-0.25, -0.2) is 9.78 Å². The molecule has 1 fully saturated rings. The van der Waals surface area contributed by atoms with Crippen LogP contribution in [0.3, 0.4) is 0 Å². The number of methoxy groups -OCH3 is 1. The minimum atomic E-state index is -0.379. The van der Waals surface area contributed by atoms with Crippen molar-refractivity contribution in [2.45, 2.75) is 31.7 Å². The van der Waals surface area contributed by atoms with E-state index in [0.29, 0.717) is 17.6 Å². The quantitative estimate of drug-likeness (QED) is 0.577. The van der Waals surface area contributed by atoms with Crippen molar-refractivity contribution in [3.8, 4) is 11.3 Å². The van der Waals surface area contributed by atoms with Crippen molar-refractivity contribution in [1.82, 2.24) is 9.97 Å². The number of aromatic nitrogens is 2. The first-order chi connectivity index (χ1) is 14.2. The number of nitrogens with zero attached hydrogens (tertiary/aromatic N) is 2. The Balaban J connectivity index is 1.65. The summed E-state index contributed by atoms with van der Waals surface area (Å²) in [6, 6.07) is 19.6. The zero-order valence-corrected chi connectivity index (χ0v) is 16.4. The minimum absolute atomic E-state index is 0.379. The van der Waals surface area contributed by atoms with Crippen LogP contribution in [0.5, 0.6) is 0 Å². The number of esters is 1. The molecular formula is C23H24N4O2. The largest absolute Gasteiger partial charge is 0.465 e. The maximum absolute atomic E-state index is 11.8. The molecule has 1 aliphatic carbocycles. The van der Waals surface area contributed by atoms with E-state index in [1.54, 1.807) is 18.2 Å². The van der Waals surface area contributed by atoms with Crippen molar-refractivity contribution < 1.29 is 9.53 Å². The highest BCUT2D eigenvalue weighted by atomic mass is 16.5. The smallest absolute Gasteiger partial charge is 0.337 e. The Labute approximate surface area is 170 Å². The molecule has 29 heavy (non-hydrogen) atoms. The molecule has 1 saturated carbocycles. The maximum atomic E-state index is 11.8. The molecule has 1 heterocycles. The molecule has 4 rings (SSSR count). The maximum Gasteiger partial charge on any atom is 0.337 e. The molecule has 0 radical (unpaired) electrons. The van der Waals surface area contributed by atoms with Gasteiger partial charge >= 0.3 is 5.97 Å². The first kappa shape index (κ1) is 18.9. The number of rotatable bonds is 6. The zero-order chi connectivity index (χ0) is 20.1. The predicted octanol–water partition coefficient (Wildman–Crippen LogP) is 5.03. The van der Waals surface area contributed by atoms with Crippen LogP contribution in [0.1, 0.15) is 36.0 Å². The van der Waals surface area contributed by atoms with E-state index in [1.807, 2.05) is 42.5 Å². The number of hydrogen-bond acceptors (Lipinski definition) is 6. The third-order valence-electron chi connectivity index (χ3n) is 5.04. The number of nitrogens with one attached hydrogen (secondary N) is 2. The van der Waals surface area contributed by atoms with Gasteiger partial charge in [0.1, 0.15) is 5.82 Å². The molecule has 0 saturated heterocycles. The molecule has 0 unspecified atom stereocenters. The molecule has 0 amide bonds. The van der Waals surface area contributed by atoms with Crippen molar-refractivity contribution >= 4 is 23.4 Å². The van der Waals surface area contributed by atoms with Gasteiger partial charge in [0.05, 0.1) is 18.4 Å². The molecule has 0 spiro atoms. The van der Waals surface area contributed by atoms with Gasteiger partial charge in [-0.05, 0) is 31.0 Å². The number of carbonyl (C=O) groups excluding carboxylic acids is 1. The van der Waals surface area contributed by atoms with E-state index in [-0.39, 0.29) is 5.97 Å². The number of anilines is 3. The normalized spacial score (nSPS) is 13.8. The molecule has 1 aliphatic rings. The van der Waals surface area contributed by atoms with Gasteiger partial charge in [0.2, 0.25) is 5.95 Å². The van der Waals surface area contributed by atoms with E-state index in [1.165, 1.54) is 20.0 Å². The molecule has 0 atom stereocenters. The second kappa shape index (κ2) is 8.73. The van der Waals surface area contributed by atoms with Crippen LogP contribution >= 0.6 is 0 Å². The molecule has 2 N–H and O–H groups in total. The number of ether oxygens (including phenoxy) is 1. The van der Waals surface area contributed by atoms with E-state index in [9.17, 15) is 4.79 Å². The lowest BCUT2D eigenvalue weighted by Crippen LogP contribution is -2.16. The number of hydrogen-bond donors (Lipinski definition) is 2. The Kier molecular flexibility index (Phi) is 5.70. The molecule has 2 aromatic carbocycles. The van der Waals surface area contributed by atoms with Crippen molar-refractivity contribution in [1.29, 1.82) is 0 Å². The Hall–Kier alpha value is -3.41. The minimum Gasteiger partial charge on any atom is -0.465 e. The van der Waals surface area contributed by atoms with Crippen LogP contribution in [-0.2, 0) is 4.74 Å². The average molecular weight is 388 g/mol. The Morgan fingerprint density at radius 3 is 2.55 bits per heavy atom. The van der Waals surface area contributed by atoms with Crippen LogP contribution in [0, 0.1) is 0 Å². The molecule has 0 bridgehead atoms. The summed E-state index contributed by atoms with van der Waals surface area (Å²) in [6.45, 7) is 0. The van der Waals surface area contributed by atoms with Crippen LogP contribution in [0.2, 0.25) is 0 Å². The van der Waals surface area contributed by atoms with Gasteiger partial charge < -0.3 is 15.4 Å². The van der Waals surface area contributed by atoms with E-state index in [0.717, 1.165) is 35.6 Å². The third kappa shape index (κ3) is 4.71. The SMILES string of the molecule is COC(=O)c1cccc(Nc2nc(NC3CCCC3)cc(-c3ccccc3)n2)c1. The highest BCUT2D eigenvalue weighted by Gasteiger charge is 2.16. The summed E-state index contributed by atoms with van der Waals surface area (Å²) in [4.78, 5) is 21.2. The molecule has 3 aromatic rings. The zero-order valence-electron chi connectivity index (χ0n) is 16.4. The van der Waals surface area contributed by atoms with Crippen LogP contribution in [0.25, 0.3) is 11.3 Å². The summed E-state index contributed by atoms with van der Waals surface area (Å²) in [5.74, 6) is 0.905. The first-order valence-electron chi connectivity index (χ1n) is 9.88. The summed E-state index contributed by atoms with van der Waals surface area (Å²) in [6.07, 6.45) is 4.82. The van der Waals surface area contributed by atoms with Gasteiger partial charge in [-0.3, -0.25) is 0 Å². The van der Waals surface area contributed by atoms with E-state index in [2.05, 4.69) is 20.6 Å². The number of benzene rings is 2. The Morgan fingerprint density at radius 2 is 1.79 bits per heavy atom. The lowest BCUT2D eigenvalue weighted by molar-refractivity contribution is 0.0601. The van der Waals surface area contributed by atoms with E-state index >= 15 is 0 Å². The number of carbonyl (C=O) groups is 1. The molecular weight excluding hydrogens is 364 g/mol. The van der Waals surface area contributed by atoms with Crippen LogP contribution in [0.15, 0.2) is 60.7 Å². The molecule has 148 valence electrons. The summed E-state index contributed by atoms with van der Waals surface area (Å²) in [7, 11) is 1.37. The molecule has 1 aromatic heterocycles. The standard InChI is InChI=1S/C23H24N4O2/c1-29-22(28)17-10-7-13-19(14-17)25-23-26-20(16-8-3-2-4-9-16)15-21(27-23)24-18-11-5-6-12-18/h2-4,7-10,13-15,18H,5-6,11-12H2,1H3,(H2,24,25,26,27). The van der Waals surface area contributed by atoms with Crippen LogP contribution in [-0.4, -0.2) is 29.1 Å². The van der Waals surface area contributed by atoms with Gasteiger partial charge in [-0.2, -0.15) is 4.98 Å². The first-order valence-corrected chi connectivity index (χ1v) is 9.88. The second-order valence-electron chi connectivity index (χ2n) is 7.15. The fourth-order valence-corrected chi connectivity index (χ4v) is 3.58. The lowest BCUT2D eigenvalue weighted by atomic mass is 10.1. The van der Waals surface area contributed by atoms with Crippen molar-refractivity contribution in [2.75, 3.05) is 17.7 Å². The highest BCUT2D eigenvalue weighted by Crippen LogP contribution is 2.26. The monoisotopic (exact) mass is 388 g/mol. The van der Waals surface area contributed by atoms with Crippen LogP contribution in [0.4, 0.5) is 17.5 Å². The summed E-state index contributed by atoms with van der Waals surface area (Å²) >= 11 is 0. The fourth-order valence-electron chi connectivity index (χ4n) is 3.58. The Bertz CT molecular complexity index is 985. The lowest BCUT2D eigenvalue weighted by Gasteiger charge is -2.15. The van der Waals surface area contributed by atoms with Gasteiger partial charge in [0.25, 0.3) is 0 Å². The van der Waals surface area contributed by atoms with E-state index < -0.39 is 0 Å². The van der Waals surface area contributed by atoms with Crippen molar-refractivity contribution in [3.05, 3.63) is 66.2 Å². The third-order valence-corrected chi connectivity index (χ3v) is 5.04. The molecule has 6 nitrogen and oxygen atoms in total. The average Bonchev–Trinajstić information content (AvgIpc) is 3.27. The summed E-state index contributed by atoms with van der Waals surface area (Å²) in [5, 5.41) is 6.78. The fraction of sp³-hybridized carbons (Fsp3) is 0.261. The Morgan fingerprint density at radius 1 is 1.00 bits per heavy atom. The van der Waals surface area contributed by atoms with Gasteiger partial charge in [0.15, 0.2) is 0 Å². The summed E-state index contributed by atoms with van der Waals surface area (Å²) in [5.41, 5.74) is 3.06.